The van der Waals surface area contributed by atoms with Crippen LogP contribution in [0.1, 0.15) is 17.3 Å². The van der Waals surface area contributed by atoms with Gasteiger partial charge in [-0.25, -0.2) is 13.2 Å². The highest BCUT2D eigenvalue weighted by atomic mass is 32.2. The van der Waals surface area contributed by atoms with Crippen molar-refractivity contribution in [1.29, 1.82) is 0 Å². The van der Waals surface area contributed by atoms with Crippen LogP contribution in [0.3, 0.4) is 0 Å². The van der Waals surface area contributed by atoms with Gasteiger partial charge in [-0.05, 0) is 42.6 Å². The predicted octanol–water partition coefficient (Wildman–Crippen LogP) is 2.75. The van der Waals surface area contributed by atoms with Gasteiger partial charge in [0.1, 0.15) is 4.21 Å². The van der Waals surface area contributed by atoms with Gasteiger partial charge in [0.15, 0.2) is 0 Å². The minimum atomic E-state index is -3.56. The molecule has 0 saturated carbocycles. The Balaban J connectivity index is 2.25. The van der Waals surface area contributed by atoms with E-state index in [1.165, 1.54) is 11.4 Å². The molecule has 1 aromatic carbocycles. The molecule has 0 aliphatic heterocycles. The first kappa shape index (κ1) is 15.5. The molecule has 2 aromatic rings. The van der Waals surface area contributed by atoms with E-state index in [4.69, 9.17) is 4.74 Å². The summed E-state index contributed by atoms with van der Waals surface area (Å²) in [7, 11) is -2.08. The first-order valence-electron chi connectivity index (χ1n) is 6.26. The van der Waals surface area contributed by atoms with Crippen molar-refractivity contribution in [3.8, 4) is 0 Å². The molecule has 0 amide bonds. The standard InChI is InChI=1S/C14H15NO4S2/c1-3-19-14(16)11-6-8-12(9-7-11)15(2)21(17,18)13-5-4-10-20-13/h4-10H,3H2,1-2H3. The average molecular weight is 325 g/mol. The molecule has 7 heteroatoms. The van der Waals surface area contributed by atoms with Gasteiger partial charge >= 0.3 is 5.97 Å². The Kier molecular flexibility index (Phi) is 4.64. The van der Waals surface area contributed by atoms with E-state index in [1.54, 1.807) is 48.7 Å². The Morgan fingerprint density at radius 2 is 1.90 bits per heavy atom. The first-order chi connectivity index (χ1) is 9.96. The zero-order valence-corrected chi connectivity index (χ0v) is 13.3. The van der Waals surface area contributed by atoms with E-state index in [2.05, 4.69) is 0 Å². The Hall–Kier alpha value is -1.86. The van der Waals surface area contributed by atoms with Gasteiger partial charge in [0.05, 0.1) is 17.9 Å². The number of hydrogen-bond acceptors (Lipinski definition) is 5. The summed E-state index contributed by atoms with van der Waals surface area (Å²) in [4.78, 5) is 11.6. The van der Waals surface area contributed by atoms with Crippen LogP contribution >= 0.6 is 11.3 Å². The third-order valence-corrected chi connectivity index (χ3v) is 6.01. The molecule has 0 unspecified atom stereocenters. The van der Waals surface area contributed by atoms with E-state index in [0.29, 0.717) is 17.9 Å². The Morgan fingerprint density at radius 1 is 1.24 bits per heavy atom. The number of ether oxygens (including phenoxy) is 1. The van der Waals surface area contributed by atoms with E-state index in [0.717, 1.165) is 11.3 Å². The molecule has 21 heavy (non-hydrogen) atoms. The van der Waals surface area contributed by atoms with Crippen LogP contribution in [0.2, 0.25) is 0 Å². The van der Waals surface area contributed by atoms with Gasteiger partial charge in [-0.15, -0.1) is 11.3 Å². The Labute approximate surface area is 127 Å². The van der Waals surface area contributed by atoms with Gasteiger partial charge in [-0.2, -0.15) is 0 Å². The van der Waals surface area contributed by atoms with Crippen LogP contribution in [-0.2, 0) is 14.8 Å². The minimum Gasteiger partial charge on any atom is -0.462 e. The number of rotatable bonds is 5. The summed E-state index contributed by atoms with van der Waals surface area (Å²) in [5.41, 5.74) is 0.874. The number of hydrogen-bond donors (Lipinski definition) is 0. The maximum absolute atomic E-state index is 12.4. The second kappa shape index (κ2) is 6.28. The molecule has 0 fully saturated rings. The number of carbonyl (C=O) groups is 1. The number of anilines is 1. The van der Waals surface area contributed by atoms with Crippen molar-refractivity contribution in [3.05, 3.63) is 47.3 Å². The van der Waals surface area contributed by atoms with Gasteiger partial charge in [0.25, 0.3) is 10.0 Å². The molecule has 0 aliphatic carbocycles. The lowest BCUT2D eigenvalue weighted by Gasteiger charge is -2.18. The van der Waals surface area contributed by atoms with Crippen LogP contribution in [0.5, 0.6) is 0 Å². The van der Waals surface area contributed by atoms with Crippen molar-refractivity contribution < 1.29 is 17.9 Å². The fraction of sp³-hybridized carbons (Fsp3) is 0.214. The van der Waals surface area contributed by atoms with Gasteiger partial charge in [-0.3, -0.25) is 4.31 Å². The highest BCUT2D eigenvalue weighted by Gasteiger charge is 2.22. The fourth-order valence-electron chi connectivity index (χ4n) is 1.71. The molecule has 112 valence electrons. The number of sulfonamides is 1. The van der Waals surface area contributed by atoms with Crippen molar-refractivity contribution >= 4 is 33.0 Å². The summed E-state index contributed by atoms with van der Waals surface area (Å²) in [5.74, 6) is -0.423. The highest BCUT2D eigenvalue weighted by Crippen LogP contribution is 2.25. The Bertz CT molecular complexity index is 706. The summed E-state index contributed by atoms with van der Waals surface area (Å²) < 4.78 is 31.1. The maximum atomic E-state index is 12.4. The molecule has 0 atom stereocenters. The van der Waals surface area contributed by atoms with Crippen LogP contribution in [0.25, 0.3) is 0 Å². The molecule has 0 saturated heterocycles. The summed E-state index contributed by atoms with van der Waals surface area (Å²) in [6.07, 6.45) is 0. The lowest BCUT2D eigenvalue weighted by atomic mass is 10.2. The van der Waals surface area contributed by atoms with Crippen LogP contribution in [0, 0.1) is 0 Å². The van der Waals surface area contributed by atoms with Crippen LogP contribution in [0.4, 0.5) is 5.69 Å². The topological polar surface area (TPSA) is 63.7 Å². The van der Waals surface area contributed by atoms with E-state index >= 15 is 0 Å². The van der Waals surface area contributed by atoms with Crippen LogP contribution < -0.4 is 4.31 Å². The SMILES string of the molecule is CCOC(=O)c1ccc(N(C)S(=O)(=O)c2cccs2)cc1. The van der Waals surface area contributed by atoms with Crippen molar-refractivity contribution in [2.75, 3.05) is 18.0 Å². The third kappa shape index (κ3) is 3.25. The normalized spacial score (nSPS) is 11.1. The zero-order chi connectivity index (χ0) is 15.5. The van der Waals surface area contributed by atoms with E-state index in [9.17, 15) is 13.2 Å². The van der Waals surface area contributed by atoms with E-state index in [-0.39, 0.29) is 4.21 Å². The van der Waals surface area contributed by atoms with Gasteiger partial charge in [0.2, 0.25) is 0 Å². The molecule has 1 heterocycles. The molecule has 2 rings (SSSR count). The molecular weight excluding hydrogens is 310 g/mol. The molecule has 0 bridgehead atoms. The Morgan fingerprint density at radius 3 is 2.43 bits per heavy atom. The van der Waals surface area contributed by atoms with Gasteiger partial charge < -0.3 is 4.74 Å². The minimum absolute atomic E-state index is 0.277. The number of carbonyl (C=O) groups excluding carboxylic acids is 1. The number of esters is 1. The lowest BCUT2D eigenvalue weighted by Crippen LogP contribution is -2.25. The zero-order valence-electron chi connectivity index (χ0n) is 11.6. The number of benzene rings is 1. The fourth-order valence-corrected chi connectivity index (χ4v) is 4.06. The number of thiophene rings is 1. The van der Waals surface area contributed by atoms with Gasteiger partial charge in [-0.1, -0.05) is 6.07 Å². The molecule has 0 spiro atoms. The summed E-state index contributed by atoms with van der Waals surface area (Å²) in [6, 6.07) is 9.51. The molecule has 0 radical (unpaired) electrons. The summed E-state index contributed by atoms with van der Waals surface area (Å²) in [6.45, 7) is 2.03. The molecular formula is C14H15NO4S2. The third-order valence-electron chi connectivity index (χ3n) is 2.85. The average Bonchev–Trinajstić information content (AvgIpc) is 3.02. The first-order valence-corrected chi connectivity index (χ1v) is 8.58. The number of nitrogens with zero attached hydrogens (tertiary/aromatic N) is 1. The second-order valence-corrected chi connectivity index (χ2v) is 7.32. The van der Waals surface area contributed by atoms with Gasteiger partial charge in [0, 0.05) is 7.05 Å². The monoisotopic (exact) mass is 325 g/mol. The smallest absolute Gasteiger partial charge is 0.338 e. The lowest BCUT2D eigenvalue weighted by molar-refractivity contribution is 0.0526. The highest BCUT2D eigenvalue weighted by molar-refractivity contribution is 7.94. The largest absolute Gasteiger partial charge is 0.462 e. The van der Waals surface area contributed by atoms with Crippen LogP contribution in [0.15, 0.2) is 46.0 Å². The molecule has 0 aliphatic rings. The second-order valence-electron chi connectivity index (χ2n) is 4.17. The molecule has 5 nitrogen and oxygen atoms in total. The predicted molar refractivity (Wildman–Crippen MR) is 82.3 cm³/mol. The molecule has 0 N–H and O–H groups in total. The van der Waals surface area contributed by atoms with E-state index < -0.39 is 16.0 Å². The van der Waals surface area contributed by atoms with Crippen molar-refractivity contribution in [2.45, 2.75) is 11.1 Å². The van der Waals surface area contributed by atoms with Crippen LogP contribution in [-0.4, -0.2) is 28.0 Å². The van der Waals surface area contributed by atoms with Crippen molar-refractivity contribution in [2.24, 2.45) is 0 Å². The van der Waals surface area contributed by atoms with Crippen molar-refractivity contribution in [1.82, 2.24) is 0 Å². The summed E-state index contributed by atoms with van der Waals surface area (Å²) in [5, 5.41) is 1.71. The van der Waals surface area contributed by atoms with E-state index in [1.807, 2.05) is 0 Å². The summed E-state index contributed by atoms with van der Waals surface area (Å²) >= 11 is 1.16. The molecule has 1 aromatic heterocycles. The van der Waals surface area contributed by atoms with Crippen molar-refractivity contribution in [3.63, 3.8) is 0 Å². The maximum Gasteiger partial charge on any atom is 0.338 e. The quantitative estimate of drug-likeness (QED) is 0.793.